The fourth-order valence-electron chi connectivity index (χ4n) is 10.5. The maximum Gasteiger partial charge on any atom is 0.335 e. The second-order valence-corrected chi connectivity index (χ2v) is 23.2. The maximum atomic E-state index is 11.9. The number of aryl methyl sites for hydroxylation is 1. The van der Waals surface area contributed by atoms with Gasteiger partial charge < -0.3 is 54.3 Å². The van der Waals surface area contributed by atoms with Crippen molar-refractivity contribution < 1.29 is 83.1 Å². The average molecular weight is 1420 g/mol. The molecule has 0 aromatic heterocycles. The van der Waals surface area contributed by atoms with E-state index in [4.69, 9.17) is 23.7 Å². The summed E-state index contributed by atoms with van der Waals surface area (Å²) in [5, 5.41) is 100. The lowest BCUT2D eigenvalue weighted by Gasteiger charge is -2.26. The number of ether oxygens (including phenoxy) is 5. The third-order valence-corrected chi connectivity index (χ3v) is 15.9. The van der Waals surface area contributed by atoms with Crippen molar-refractivity contribution in [1.29, 1.82) is 0 Å². The third kappa shape index (κ3) is 19.8. The molecule has 27 heteroatoms. The van der Waals surface area contributed by atoms with E-state index in [9.17, 15) is 59.4 Å². The van der Waals surface area contributed by atoms with Crippen LogP contribution in [0.4, 0.5) is 56.9 Å². The lowest BCUT2D eigenvalue weighted by Crippen LogP contribution is -2.19. The summed E-state index contributed by atoms with van der Waals surface area (Å²) in [6.07, 6.45) is 0. The first kappa shape index (κ1) is 72.5. The molecule has 11 aromatic rings. The molecule has 0 aliphatic rings. The Kier molecular flexibility index (Phi) is 23.3. The molecule has 0 heterocycles. The predicted octanol–water partition coefficient (Wildman–Crippen LogP) is 20.5. The van der Waals surface area contributed by atoms with Crippen LogP contribution in [0.2, 0.25) is 0 Å². The van der Waals surface area contributed by atoms with Crippen LogP contribution < -0.4 is 23.7 Å². The standard InChI is InChI=1S/C79H60N10O17/c1-46-32-51(77(96)97)38-62(33-46)88-83-57-18-24-65(25-19-57)103-42-70-47(2)69(41-102-64-22-12-54(13-23-64)80-85-59-9-3-6-48(35-59)74(90)91)71(43-104-66-26-14-55(15-27-66)81-86-60-10-4-7-49(36-60)75(92)93)73(45-106-68-28-16-56(17-29-68)82-87-61-11-5-8-50(37-61)76(94)95)72(70)44-105-67-30-20-58(21-31-67)84-89-63-39-52(78(98)99)34-53(40-63)79(100)101/h3-40H,41-45H2,1-2H3,(H,90,91)(H,92,93)(H,94,95)(H,96,97)(H,98,99)(H,100,101). The van der Waals surface area contributed by atoms with E-state index in [-0.39, 0.29) is 72.1 Å². The number of aromatic carboxylic acids is 6. The highest BCUT2D eigenvalue weighted by atomic mass is 16.5. The van der Waals surface area contributed by atoms with Crippen molar-refractivity contribution in [2.75, 3.05) is 0 Å². The summed E-state index contributed by atoms with van der Waals surface area (Å²) in [6, 6.07) is 59.8. The van der Waals surface area contributed by atoms with Crippen LogP contribution in [0.25, 0.3) is 0 Å². The minimum atomic E-state index is -1.35. The van der Waals surface area contributed by atoms with Crippen LogP contribution in [0.5, 0.6) is 28.7 Å². The van der Waals surface area contributed by atoms with Gasteiger partial charge in [-0.15, -0.1) is 0 Å². The molecule has 0 saturated carbocycles. The second-order valence-electron chi connectivity index (χ2n) is 23.2. The highest BCUT2D eigenvalue weighted by Gasteiger charge is 2.26. The van der Waals surface area contributed by atoms with Crippen LogP contribution in [-0.4, -0.2) is 66.5 Å². The van der Waals surface area contributed by atoms with Gasteiger partial charge in [-0.25, -0.2) is 28.8 Å². The van der Waals surface area contributed by atoms with Gasteiger partial charge in [0.1, 0.15) is 61.8 Å². The summed E-state index contributed by atoms with van der Waals surface area (Å²) in [4.78, 5) is 70.6. The molecule has 0 amide bonds. The summed E-state index contributed by atoms with van der Waals surface area (Å²) in [6.45, 7) is 3.12. The molecule has 0 unspecified atom stereocenters. The number of azo groups is 5. The number of rotatable bonds is 31. The van der Waals surface area contributed by atoms with Crippen molar-refractivity contribution in [3.63, 3.8) is 0 Å². The zero-order chi connectivity index (χ0) is 74.6. The van der Waals surface area contributed by atoms with Gasteiger partial charge in [0.05, 0.1) is 90.3 Å². The highest BCUT2D eigenvalue weighted by molar-refractivity contribution is 5.95. The van der Waals surface area contributed by atoms with Gasteiger partial charge in [-0.1, -0.05) is 18.2 Å². The van der Waals surface area contributed by atoms with E-state index in [1.54, 1.807) is 171 Å². The van der Waals surface area contributed by atoms with E-state index in [0.29, 0.717) is 119 Å². The second kappa shape index (κ2) is 34.1. The van der Waals surface area contributed by atoms with Crippen LogP contribution in [0.15, 0.2) is 282 Å². The summed E-state index contributed by atoms with van der Waals surface area (Å²) in [5.74, 6) is -5.12. The molecule has 106 heavy (non-hydrogen) atoms. The number of hydrogen-bond donors (Lipinski definition) is 6. The Morgan fingerprint density at radius 1 is 0.236 bits per heavy atom. The van der Waals surface area contributed by atoms with Crippen LogP contribution in [-0.2, 0) is 33.0 Å². The smallest absolute Gasteiger partial charge is 0.335 e. The monoisotopic (exact) mass is 1420 g/mol. The molecule has 0 spiro atoms. The van der Waals surface area contributed by atoms with Gasteiger partial charge in [0.25, 0.3) is 0 Å². The summed E-state index contributed by atoms with van der Waals surface area (Å²) in [7, 11) is 0. The molecular weight excluding hydrogens is 1360 g/mol. The van der Waals surface area contributed by atoms with Crippen LogP contribution in [0.3, 0.4) is 0 Å². The van der Waals surface area contributed by atoms with E-state index in [1.807, 2.05) is 6.92 Å². The molecule has 0 atom stereocenters. The normalized spacial score (nSPS) is 11.4. The van der Waals surface area contributed by atoms with Gasteiger partial charge in [0.2, 0.25) is 0 Å². The SMILES string of the molecule is Cc1cc(N=Nc2ccc(OCc3c(C)c(COc4ccc(N=Nc5cccc(C(=O)O)c5)cc4)c(COc4ccc(N=Nc5cccc(C(=O)O)c5)cc4)c(COc4ccc(N=Nc5cccc(C(=O)O)c5)cc4)c3COc3ccc(N=Nc4cc(C(=O)O)cc(C(=O)O)c4)cc3)cc2)cc(C(=O)O)c1. The van der Waals surface area contributed by atoms with E-state index in [0.717, 1.165) is 6.07 Å². The minimum absolute atomic E-state index is 0.00774. The van der Waals surface area contributed by atoms with Gasteiger partial charge in [-0.3, -0.25) is 0 Å². The zero-order valence-electron chi connectivity index (χ0n) is 56.1. The number of carboxylic acids is 6. The number of carboxylic acid groups (broad SMARTS) is 6. The first-order chi connectivity index (χ1) is 51.2. The van der Waals surface area contributed by atoms with Gasteiger partial charge in [0, 0.05) is 16.7 Å². The van der Waals surface area contributed by atoms with Gasteiger partial charge in [-0.05, 0) is 248 Å². The summed E-state index contributed by atoms with van der Waals surface area (Å²) < 4.78 is 33.5. The third-order valence-electron chi connectivity index (χ3n) is 15.9. The van der Waals surface area contributed by atoms with Gasteiger partial charge in [0.15, 0.2) is 0 Å². The van der Waals surface area contributed by atoms with Crippen molar-refractivity contribution in [1.82, 2.24) is 0 Å². The van der Waals surface area contributed by atoms with Crippen molar-refractivity contribution in [3.8, 4) is 28.7 Å². The highest BCUT2D eigenvalue weighted by Crippen LogP contribution is 2.37. The molecule has 0 aliphatic heterocycles. The minimum Gasteiger partial charge on any atom is -0.489 e. The first-order valence-electron chi connectivity index (χ1n) is 32.1. The molecule has 0 fully saturated rings. The molecule has 27 nitrogen and oxygen atoms in total. The van der Waals surface area contributed by atoms with Gasteiger partial charge >= 0.3 is 35.8 Å². The lowest BCUT2D eigenvalue weighted by molar-refractivity contribution is 0.0679. The molecule has 6 N–H and O–H groups in total. The van der Waals surface area contributed by atoms with Crippen molar-refractivity contribution in [2.45, 2.75) is 46.9 Å². The van der Waals surface area contributed by atoms with Crippen molar-refractivity contribution in [2.24, 2.45) is 51.1 Å². The molecule has 11 rings (SSSR count). The van der Waals surface area contributed by atoms with Crippen LogP contribution >= 0.6 is 0 Å². The van der Waals surface area contributed by atoms with E-state index in [2.05, 4.69) is 51.1 Å². The quantitative estimate of drug-likeness (QED) is 0.0220. The number of nitrogens with zero attached hydrogens (tertiary/aromatic N) is 10. The molecule has 528 valence electrons. The van der Waals surface area contributed by atoms with E-state index in [1.165, 1.54) is 60.7 Å². The fourth-order valence-corrected chi connectivity index (χ4v) is 10.5. The Labute approximate surface area is 602 Å². The van der Waals surface area contributed by atoms with Crippen LogP contribution in [0.1, 0.15) is 101 Å². The Morgan fingerprint density at radius 3 is 0.726 bits per heavy atom. The average Bonchev–Trinajstić information content (AvgIpc) is 0.766. The summed E-state index contributed by atoms with van der Waals surface area (Å²) in [5.41, 5.74) is 7.46. The number of benzene rings is 11. The Balaban J connectivity index is 0.985. The van der Waals surface area contributed by atoms with E-state index >= 15 is 0 Å². The topological polar surface area (TPSA) is 394 Å². The van der Waals surface area contributed by atoms with Crippen molar-refractivity contribution in [3.05, 3.63) is 303 Å². The molecule has 0 saturated heterocycles. The van der Waals surface area contributed by atoms with E-state index < -0.39 is 35.8 Å². The molecular formula is C79H60N10O17. The molecule has 0 bridgehead atoms. The molecule has 0 aliphatic carbocycles. The maximum absolute atomic E-state index is 11.9. The zero-order valence-corrected chi connectivity index (χ0v) is 56.1. The predicted molar refractivity (Wildman–Crippen MR) is 385 cm³/mol. The molecule has 0 radical (unpaired) electrons. The first-order valence-corrected chi connectivity index (χ1v) is 32.1. The van der Waals surface area contributed by atoms with Crippen LogP contribution in [0, 0.1) is 13.8 Å². The largest absolute Gasteiger partial charge is 0.489 e. The Hall–Kier alpha value is -14.8. The molecule has 11 aromatic carbocycles. The Morgan fingerprint density at radius 2 is 0.453 bits per heavy atom. The fraction of sp³-hybridized carbons (Fsp3) is 0.0886. The lowest BCUT2D eigenvalue weighted by atomic mass is 9.87. The summed E-state index contributed by atoms with van der Waals surface area (Å²) >= 11 is 0. The Bertz CT molecular complexity index is 5250. The number of carbonyl (C=O) groups is 6. The number of hydrogen-bond acceptors (Lipinski definition) is 21. The van der Waals surface area contributed by atoms with Crippen molar-refractivity contribution >= 4 is 92.7 Å². The van der Waals surface area contributed by atoms with Gasteiger partial charge in [-0.2, -0.15) is 51.1 Å².